The molecule has 0 bridgehead atoms. The molecule has 1 aromatic rings. The van der Waals surface area contributed by atoms with Gasteiger partial charge in [-0.3, -0.25) is 4.79 Å². The molecule has 3 heterocycles. The van der Waals surface area contributed by atoms with Crippen molar-refractivity contribution in [3.63, 3.8) is 0 Å². The first-order chi connectivity index (χ1) is 14.1. The Morgan fingerprint density at radius 3 is 2.23 bits per heavy atom. The van der Waals surface area contributed by atoms with E-state index in [2.05, 4.69) is 0 Å². The molecule has 0 aliphatic carbocycles. The maximum atomic E-state index is 12.5. The molecule has 0 radical (unpaired) electrons. The first-order valence-electron chi connectivity index (χ1n) is 10.2. The predicted octanol–water partition coefficient (Wildman–Crippen LogP) is 2.00. The van der Waals surface area contributed by atoms with Gasteiger partial charge in [0.2, 0.25) is 5.91 Å². The lowest BCUT2D eigenvalue weighted by molar-refractivity contribution is -0.243. The van der Waals surface area contributed by atoms with Gasteiger partial charge in [0.1, 0.15) is 36.7 Å². The van der Waals surface area contributed by atoms with Crippen molar-refractivity contribution in [2.75, 3.05) is 0 Å². The standard InChI is InChI=1S/C22H29NO7/c1-13(25)23(11-14-9-7-6-8-10-14)15(12-24)16-17-18(28-21(2,3)27-17)19-20(26-16)30-22(4,5)29-19/h6-10,12,15-20H,11H2,1-5H3/t15-,16+,17-,18-,19+,20+/m0/s1. The molecule has 0 aromatic heterocycles. The fraction of sp³-hybridized carbons (Fsp3) is 0.636. The van der Waals surface area contributed by atoms with E-state index < -0.39 is 48.3 Å². The monoisotopic (exact) mass is 419 g/mol. The minimum absolute atomic E-state index is 0.236. The fourth-order valence-corrected chi connectivity index (χ4v) is 4.45. The Morgan fingerprint density at radius 1 is 1.00 bits per heavy atom. The molecule has 3 aliphatic heterocycles. The summed E-state index contributed by atoms with van der Waals surface area (Å²) in [5, 5.41) is 0. The van der Waals surface area contributed by atoms with Crippen LogP contribution in [0.4, 0.5) is 0 Å². The minimum Gasteiger partial charge on any atom is -0.342 e. The van der Waals surface area contributed by atoms with E-state index in [4.69, 9.17) is 23.7 Å². The quantitative estimate of drug-likeness (QED) is 0.675. The summed E-state index contributed by atoms with van der Waals surface area (Å²) in [5.41, 5.74) is 0.912. The van der Waals surface area contributed by atoms with E-state index in [0.717, 1.165) is 11.8 Å². The molecule has 30 heavy (non-hydrogen) atoms. The van der Waals surface area contributed by atoms with Gasteiger partial charge in [0.15, 0.2) is 17.9 Å². The Morgan fingerprint density at radius 2 is 1.60 bits per heavy atom. The molecule has 3 saturated heterocycles. The molecule has 8 nitrogen and oxygen atoms in total. The smallest absolute Gasteiger partial charge is 0.220 e. The van der Waals surface area contributed by atoms with Gasteiger partial charge in [0.25, 0.3) is 0 Å². The van der Waals surface area contributed by atoms with E-state index in [1.165, 1.54) is 11.8 Å². The van der Waals surface area contributed by atoms with Crippen LogP contribution >= 0.6 is 0 Å². The van der Waals surface area contributed by atoms with Crippen LogP contribution in [-0.2, 0) is 39.8 Å². The molecule has 6 atom stereocenters. The average molecular weight is 419 g/mol. The van der Waals surface area contributed by atoms with E-state index >= 15 is 0 Å². The molecule has 0 saturated carbocycles. The molecule has 1 amide bonds. The van der Waals surface area contributed by atoms with Crippen LogP contribution in [0.2, 0.25) is 0 Å². The summed E-state index contributed by atoms with van der Waals surface area (Å²) in [6, 6.07) is 8.63. The molecule has 3 aliphatic rings. The molecule has 4 rings (SSSR count). The first kappa shape index (κ1) is 21.4. The maximum Gasteiger partial charge on any atom is 0.220 e. The van der Waals surface area contributed by atoms with Gasteiger partial charge in [-0.2, -0.15) is 0 Å². The van der Waals surface area contributed by atoms with Crippen molar-refractivity contribution in [3.8, 4) is 0 Å². The lowest BCUT2D eigenvalue weighted by Gasteiger charge is -2.42. The number of hydrogen-bond acceptors (Lipinski definition) is 7. The van der Waals surface area contributed by atoms with Crippen molar-refractivity contribution < 1.29 is 33.3 Å². The second-order valence-corrected chi connectivity index (χ2v) is 8.89. The Balaban J connectivity index is 1.65. The lowest BCUT2D eigenvalue weighted by Crippen LogP contribution is -2.62. The summed E-state index contributed by atoms with van der Waals surface area (Å²) in [7, 11) is 0. The molecular weight excluding hydrogens is 390 g/mol. The second kappa shape index (κ2) is 7.69. The number of fused-ring (bicyclic) bond motifs is 3. The van der Waals surface area contributed by atoms with Gasteiger partial charge in [-0.25, -0.2) is 0 Å². The average Bonchev–Trinajstić information content (AvgIpc) is 3.16. The molecule has 1 aromatic carbocycles. The third-order valence-electron chi connectivity index (χ3n) is 5.63. The van der Waals surface area contributed by atoms with Crippen LogP contribution in [0.25, 0.3) is 0 Å². The third kappa shape index (κ3) is 4.02. The zero-order valence-corrected chi connectivity index (χ0v) is 17.9. The van der Waals surface area contributed by atoms with Crippen molar-refractivity contribution in [2.45, 2.75) is 89.5 Å². The maximum absolute atomic E-state index is 12.5. The summed E-state index contributed by atoms with van der Waals surface area (Å²) >= 11 is 0. The third-order valence-corrected chi connectivity index (χ3v) is 5.63. The highest BCUT2D eigenvalue weighted by Crippen LogP contribution is 2.45. The van der Waals surface area contributed by atoms with Gasteiger partial charge in [-0.1, -0.05) is 30.3 Å². The summed E-state index contributed by atoms with van der Waals surface area (Å²) in [4.78, 5) is 26.3. The number of aldehydes is 1. The number of carbonyl (C=O) groups is 2. The van der Waals surface area contributed by atoms with E-state index in [9.17, 15) is 9.59 Å². The zero-order chi connectivity index (χ0) is 21.7. The minimum atomic E-state index is -0.879. The number of ether oxygens (including phenoxy) is 5. The predicted molar refractivity (Wildman–Crippen MR) is 105 cm³/mol. The Hall–Kier alpha value is -1.84. The van der Waals surface area contributed by atoms with Crippen LogP contribution in [0.5, 0.6) is 0 Å². The normalized spacial score (nSPS) is 34.6. The van der Waals surface area contributed by atoms with Crippen LogP contribution < -0.4 is 0 Å². The summed E-state index contributed by atoms with van der Waals surface area (Å²) in [5.74, 6) is -1.97. The van der Waals surface area contributed by atoms with Crippen LogP contribution in [-0.4, -0.2) is 65.4 Å². The van der Waals surface area contributed by atoms with Crippen LogP contribution in [0.15, 0.2) is 30.3 Å². The van der Waals surface area contributed by atoms with Gasteiger partial charge in [-0.15, -0.1) is 0 Å². The second-order valence-electron chi connectivity index (χ2n) is 8.89. The van der Waals surface area contributed by atoms with Crippen molar-refractivity contribution in [1.82, 2.24) is 4.90 Å². The zero-order valence-electron chi connectivity index (χ0n) is 17.9. The number of nitrogens with zero attached hydrogens (tertiary/aromatic N) is 1. The van der Waals surface area contributed by atoms with Crippen LogP contribution in [0.1, 0.15) is 40.2 Å². The number of benzene rings is 1. The van der Waals surface area contributed by atoms with Crippen molar-refractivity contribution in [3.05, 3.63) is 35.9 Å². The van der Waals surface area contributed by atoms with E-state index in [-0.39, 0.29) is 12.5 Å². The highest BCUT2D eigenvalue weighted by molar-refractivity contribution is 5.78. The Labute approximate surface area is 176 Å². The number of carbonyl (C=O) groups excluding carboxylic acids is 2. The molecule has 164 valence electrons. The SMILES string of the molecule is CC(=O)N(Cc1ccccc1)[C@@H](C=O)[C@H]1O[C@@H]2OC(C)(C)O[C@@H]2[C@H]2OC(C)(C)O[C@H]21. The van der Waals surface area contributed by atoms with Gasteiger partial charge in [0, 0.05) is 13.5 Å². The highest BCUT2D eigenvalue weighted by atomic mass is 16.9. The summed E-state index contributed by atoms with van der Waals surface area (Å²) in [6.07, 6.45) is -2.32. The van der Waals surface area contributed by atoms with Gasteiger partial charge >= 0.3 is 0 Å². The Kier molecular flexibility index (Phi) is 5.48. The largest absolute Gasteiger partial charge is 0.342 e. The molecule has 0 unspecified atom stereocenters. The van der Waals surface area contributed by atoms with Gasteiger partial charge < -0.3 is 33.4 Å². The van der Waals surface area contributed by atoms with E-state index in [0.29, 0.717) is 0 Å². The van der Waals surface area contributed by atoms with Crippen LogP contribution in [0, 0.1) is 0 Å². The molecule has 0 spiro atoms. The van der Waals surface area contributed by atoms with Crippen molar-refractivity contribution in [2.24, 2.45) is 0 Å². The molecular formula is C22H29NO7. The van der Waals surface area contributed by atoms with Gasteiger partial charge in [-0.05, 0) is 33.3 Å². The lowest BCUT2D eigenvalue weighted by atomic mass is 9.93. The van der Waals surface area contributed by atoms with Crippen molar-refractivity contribution in [1.29, 1.82) is 0 Å². The number of amides is 1. The molecule has 0 N–H and O–H groups in total. The topological polar surface area (TPSA) is 83.5 Å². The summed E-state index contributed by atoms with van der Waals surface area (Å²) in [6.45, 7) is 8.93. The van der Waals surface area contributed by atoms with E-state index in [1.54, 1.807) is 27.7 Å². The van der Waals surface area contributed by atoms with Crippen LogP contribution in [0.3, 0.4) is 0 Å². The highest BCUT2D eigenvalue weighted by Gasteiger charge is 2.62. The van der Waals surface area contributed by atoms with Crippen molar-refractivity contribution >= 4 is 12.2 Å². The van der Waals surface area contributed by atoms with Gasteiger partial charge in [0.05, 0.1) is 0 Å². The summed E-state index contributed by atoms with van der Waals surface area (Å²) < 4.78 is 30.4. The fourth-order valence-electron chi connectivity index (χ4n) is 4.45. The Bertz CT molecular complexity index is 796. The first-order valence-corrected chi connectivity index (χ1v) is 10.2. The van der Waals surface area contributed by atoms with E-state index in [1.807, 2.05) is 30.3 Å². The number of rotatable bonds is 5. The molecule has 8 heteroatoms. The number of hydrogen-bond donors (Lipinski definition) is 0. The molecule has 3 fully saturated rings.